The molecule has 0 unspecified atom stereocenters. The molecule has 0 saturated heterocycles. The van der Waals surface area contributed by atoms with E-state index in [9.17, 15) is 0 Å². The molecule has 0 spiro atoms. The number of hydrogen-bond donors (Lipinski definition) is 2. The molecule has 1 aromatic carbocycles. The molecule has 0 amide bonds. The lowest BCUT2D eigenvalue weighted by molar-refractivity contribution is 0.415. The second-order valence-corrected chi connectivity index (χ2v) is 3.63. The molecule has 0 radical (unpaired) electrons. The highest BCUT2D eigenvalue weighted by Crippen LogP contribution is 2.28. The molecule has 88 valence electrons. The van der Waals surface area contributed by atoms with Crippen LogP contribution < -0.4 is 15.8 Å². The number of ether oxygens (including phenoxy) is 1. The number of nitrogens with zero attached hydrogens (tertiary/aromatic N) is 2. The van der Waals surface area contributed by atoms with E-state index in [2.05, 4.69) is 15.3 Å². The molecule has 3 N–H and O–H groups in total. The summed E-state index contributed by atoms with van der Waals surface area (Å²) in [5, 5.41) is 3.29. The lowest BCUT2D eigenvalue weighted by Crippen LogP contribution is -1.99. The van der Waals surface area contributed by atoms with Gasteiger partial charge in [-0.1, -0.05) is 11.6 Å². The fourth-order valence-corrected chi connectivity index (χ4v) is 1.46. The smallest absolute Gasteiger partial charge is 0.171 e. The first-order valence-corrected chi connectivity index (χ1v) is 5.25. The van der Waals surface area contributed by atoms with Crippen molar-refractivity contribution in [2.24, 2.45) is 0 Å². The highest BCUT2D eigenvalue weighted by atomic mass is 35.5. The van der Waals surface area contributed by atoms with E-state index in [0.29, 0.717) is 22.9 Å². The summed E-state index contributed by atoms with van der Waals surface area (Å²) in [6.45, 7) is 0. The number of nitrogen functional groups attached to an aromatic ring is 1. The Hall–Kier alpha value is -2.01. The second kappa shape index (κ2) is 4.88. The topological polar surface area (TPSA) is 73.1 Å². The van der Waals surface area contributed by atoms with E-state index in [1.54, 1.807) is 31.5 Å². The molecule has 0 aliphatic carbocycles. The minimum atomic E-state index is 0.287. The van der Waals surface area contributed by atoms with Crippen molar-refractivity contribution in [2.45, 2.75) is 0 Å². The van der Waals surface area contributed by atoms with Gasteiger partial charge in [0.1, 0.15) is 5.75 Å². The van der Waals surface area contributed by atoms with E-state index >= 15 is 0 Å². The van der Waals surface area contributed by atoms with Crippen LogP contribution in [0.25, 0.3) is 0 Å². The first kappa shape index (κ1) is 11.5. The van der Waals surface area contributed by atoms with Crippen LogP contribution >= 0.6 is 11.6 Å². The summed E-state index contributed by atoms with van der Waals surface area (Å²) in [6.07, 6.45) is 3.06. The Kier molecular flexibility index (Phi) is 3.30. The Labute approximate surface area is 104 Å². The van der Waals surface area contributed by atoms with Crippen LogP contribution in [0.1, 0.15) is 0 Å². The first-order valence-electron chi connectivity index (χ1n) is 4.88. The molecule has 0 atom stereocenters. The lowest BCUT2D eigenvalue weighted by Gasteiger charge is -2.10. The zero-order chi connectivity index (χ0) is 12.3. The van der Waals surface area contributed by atoms with Gasteiger partial charge in [0.05, 0.1) is 18.5 Å². The van der Waals surface area contributed by atoms with Gasteiger partial charge >= 0.3 is 0 Å². The number of anilines is 3. The van der Waals surface area contributed by atoms with Gasteiger partial charge in [-0.2, -0.15) is 0 Å². The van der Waals surface area contributed by atoms with Gasteiger partial charge in [0.15, 0.2) is 11.0 Å². The third-order valence-corrected chi connectivity index (χ3v) is 2.44. The van der Waals surface area contributed by atoms with Crippen molar-refractivity contribution in [3.8, 4) is 5.75 Å². The van der Waals surface area contributed by atoms with E-state index in [-0.39, 0.29) is 5.15 Å². The van der Waals surface area contributed by atoms with Crippen molar-refractivity contribution in [1.82, 2.24) is 9.97 Å². The minimum absolute atomic E-state index is 0.287. The van der Waals surface area contributed by atoms with E-state index in [1.165, 1.54) is 6.20 Å². The van der Waals surface area contributed by atoms with E-state index in [1.807, 2.05) is 0 Å². The Morgan fingerprint density at radius 3 is 2.76 bits per heavy atom. The molecular weight excluding hydrogens is 240 g/mol. The van der Waals surface area contributed by atoms with Gasteiger partial charge in [-0.15, -0.1) is 0 Å². The van der Waals surface area contributed by atoms with Crippen LogP contribution in [0.3, 0.4) is 0 Å². The highest BCUT2D eigenvalue weighted by Gasteiger charge is 2.06. The maximum atomic E-state index is 5.89. The normalized spacial score (nSPS) is 10.0. The number of aromatic nitrogens is 2. The maximum Gasteiger partial charge on any atom is 0.171 e. The molecule has 0 saturated carbocycles. The van der Waals surface area contributed by atoms with Crippen molar-refractivity contribution in [3.63, 3.8) is 0 Å². The molecule has 1 aromatic heterocycles. The van der Waals surface area contributed by atoms with E-state index in [0.717, 1.165) is 0 Å². The minimum Gasteiger partial charge on any atom is -0.497 e. The van der Waals surface area contributed by atoms with Crippen LogP contribution in [-0.4, -0.2) is 17.1 Å². The molecule has 2 aromatic rings. The molecule has 0 fully saturated rings. The molecule has 0 bridgehead atoms. The van der Waals surface area contributed by atoms with Gasteiger partial charge in [0.25, 0.3) is 0 Å². The molecule has 2 rings (SSSR count). The number of benzene rings is 1. The number of nitrogens with one attached hydrogen (secondary N) is 1. The highest BCUT2D eigenvalue weighted by molar-refractivity contribution is 6.31. The quantitative estimate of drug-likeness (QED) is 0.819. The molecule has 6 heteroatoms. The summed E-state index contributed by atoms with van der Waals surface area (Å²) >= 11 is 5.89. The number of hydrogen-bond acceptors (Lipinski definition) is 5. The van der Waals surface area contributed by atoms with Gasteiger partial charge < -0.3 is 15.8 Å². The summed E-state index contributed by atoms with van der Waals surface area (Å²) in [4.78, 5) is 7.98. The van der Waals surface area contributed by atoms with Crippen molar-refractivity contribution in [2.75, 3.05) is 18.2 Å². The molecule has 5 nitrogen and oxygen atoms in total. The summed E-state index contributed by atoms with van der Waals surface area (Å²) in [6, 6.07) is 5.28. The largest absolute Gasteiger partial charge is 0.497 e. The lowest BCUT2D eigenvalue weighted by atomic mass is 10.2. The Bertz CT molecular complexity index is 533. The second-order valence-electron chi connectivity index (χ2n) is 3.27. The fourth-order valence-electron chi connectivity index (χ4n) is 1.30. The third-order valence-electron chi connectivity index (χ3n) is 2.17. The number of nitrogens with two attached hydrogens (primary N) is 1. The Balaban J connectivity index is 2.32. The van der Waals surface area contributed by atoms with Gasteiger partial charge in [0, 0.05) is 18.5 Å². The monoisotopic (exact) mass is 250 g/mol. The third kappa shape index (κ3) is 2.57. The zero-order valence-electron chi connectivity index (χ0n) is 9.14. The summed E-state index contributed by atoms with van der Waals surface area (Å²) in [7, 11) is 1.59. The van der Waals surface area contributed by atoms with Crippen LogP contribution in [0, 0.1) is 0 Å². The van der Waals surface area contributed by atoms with Gasteiger partial charge in [-0.3, -0.25) is 0 Å². The van der Waals surface area contributed by atoms with Crippen molar-refractivity contribution in [3.05, 3.63) is 35.7 Å². The summed E-state index contributed by atoms with van der Waals surface area (Å²) in [5.41, 5.74) is 7.08. The van der Waals surface area contributed by atoms with Gasteiger partial charge in [0.2, 0.25) is 0 Å². The van der Waals surface area contributed by atoms with Crippen molar-refractivity contribution >= 4 is 28.8 Å². The van der Waals surface area contributed by atoms with Crippen molar-refractivity contribution < 1.29 is 4.74 Å². The Morgan fingerprint density at radius 2 is 2.06 bits per heavy atom. The van der Waals surface area contributed by atoms with Crippen LogP contribution in [0.2, 0.25) is 5.15 Å². The number of methoxy groups -OCH3 is 1. The van der Waals surface area contributed by atoms with Crippen LogP contribution in [0.5, 0.6) is 5.75 Å². The van der Waals surface area contributed by atoms with Crippen LogP contribution in [0.15, 0.2) is 30.6 Å². The van der Waals surface area contributed by atoms with Crippen LogP contribution in [-0.2, 0) is 0 Å². The predicted molar refractivity (Wildman–Crippen MR) is 67.7 cm³/mol. The van der Waals surface area contributed by atoms with Gasteiger partial charge in [-0.25, -0.2) is 9.97 Å². The number of rotatable bonds is 3. The predicted octanol–water partition coefficient (Wildman–Crippen LogP) is 2.46. The Morgan fingerprint density at radius 1 is 1.29 bits per heavy atom. The molecule has 1 heterocycles. The summed E-state index contributed by atoms with van der Waals surface area (Å²) in [5.74, 6) is 1.15. The van der Waals surface area contributed by atoms with Crippen molar-refractivity contribution in [1.29, 1.82) is 0 Å². The molecular formula is C11H11ClN4O. The molecule has 17 heavy (non-hydrogen) atoms. The standard InChI is InChI=1S/C11H11ClN4O/c1-17-7-2-3-8(13)9(6-7)16-11-10(12)14-4-5-15-11/h2-6H,13H2,1H3,(H,15,16). The first-order chi connectivity index (χ1) is 8.20. The molecule has 0 aliphatic heterocycles. The average molecular weight is 251 g/mol. The van der Waals surface area contributed by atoms with Crippen LogP contribution in [0.4, 0.5) is 17.2 Å². The SMILES string of the molecule is COc1ccc(N)c(Nc2nccnc2Cl)c1. The zero-order valence-corrected chi connectivity index (χ0v) is 9.90. The maximum absolute atomic E-state index is 5.89. The fraction of sp³-hybridized carbons (Fsp3) is 0.0909. The van der Waals surface area contributed by atoms with E-state index in [4.69, 9.17) is 22.1 Å². The molecule has 0 aliphatic rings. The number of halogens is 1. The summed E-state index contributed by atoms with van der Waals surface area (Å²) < 4.78 is 5.11. The van der Waals surface area contributed by atoms with Gasteiger partial charge in [-0.05, 0) is 12.1 Å². The van der Waals surface area contributed by atoms with E-state index < -0.39 is 0 Å². The average Bonchev–Trinajstić information content (AvgIpc) is 2.35.